The van der Waals surface area contributed by atoms with Crippen molar-refractivity contribution in [3.63, 3.8) is 0 Å². The molecule has 102 valence electrons. The fraction of sp³-hybridized carbons (Fsp3) is 0.909. The summed E-state index contributed by atoms with van der Waals surface area (Å²) in [5.41, 5.74) is 0. The summed E-state index contributed by atoms with van der Waals surface area (Å²) in [6, 6.07) is 0. The number of hydrogen-bond acceptors (Lipinski definition) is 2. The van der Waals surface area contributed by atoms with Gasteiger partial charge in [0.15, 0.2) is 14.1 Å². The molecule has 0 aliphatic carbocycles. The SMILES string of the molecule is CCCCCC(=O)C(O[Si](C)(C)C)C(F)(F)F. The van der Waals surface area contributed by atoms with Gasteiger partial charge in [-0.2, -0.15) is 13.2 Å². The molecule has 0 saturated carbocycles. The van der Waals surface area contributed by atoms with Gasteiger partial charge in [-0.15, -0.1) is 0 Å². The lowest BCUT2D eigenvalue weighted by molar-refractivity contribution is -0.199. The molecule has 0 fully saturated rings. The molecule has 0 saturated heterocycles. The van der Waals surface area contributed by atoms with E-state index in [2.05, 4.69) is 0 Å². The van der Waals surface area contributed by atoms with Gasteiger partial charge in [-0.25, -0.2) is 0 Å². The highest BCUT2D eigenvalue weighted by atomic mass is 28.4. The van der Waals surface area contributed by atoms with Gasteiger partial charge in [0.2, 0.25) is 6.10 Å². The summed E-state index contributed by atoms with van der Waals surface area (Å²) in [5, 5.41) is 0. The van der Waals surface area contributed by atoms with E-state index < -0.39 is 26.4 Å². The van der Waals surface area contributed by atoms with Crippen molar-refractivity contribution in [2.75, 3.05) is 0 Å². The molecule has 2 nitrogen and oxygen atoms in total. The zero-order chi connectivity index (χ0) is 13.7. The normalized spacial score (nSPS) is 14.8. The molecule has 0 aliphatic heterocycles. The third kappa shape index (κ3) is 7.54. The Labute approximate surface area is 102 Å². The van der Waals surface area contributed by atoms with E-state index in [4.69, 9.17) is 4.43 Å². The van der Waals surface area contributed by atoms with Crippen molar-refractivity contribution in [2.45, 2.75) is 64.5 Å². The predicted molar refractivity (Wildman–Crippen MR) is 63.4 cm³/mol. The zero-order valence-electron chi connectivity index (χ0n) is 10.9. The molecule has 6 heteroatoms. The van der Waals surface area contributed by atoms with E-state index in [1.807, 2.05) is 6.92 Å². The minimum Gasteiger partial charge on any atom is -0.400 e. The molecule has 0 aromatic rings. The monoisotopic (exact) mass is 270 g/mol. The summed E-state index contributed by atoms with van der Waals surface area (Å²) in [6.45, 7) is 6.87. The van der Waals surface area contributed by atoms with Crippen LogP contribution in [0.5, 0.6) is 0 Å². The van der Waals surface area contributed by atoms with Gasteiger partial charge in [0.1, 0.15) is 0 Å². The number of carbonyl (C=O) groups excluding carboxylic acids is 1. The van der Waals surface area contributed by atoms with Crippen molar-refractivity contribution in [2.24, 2.45) is 0 Å². The van der Waals surface area contributed by atoms with Gasteiger partial charge in [-0.1, -0.05) is 19.8 Å². The quantitative estimate of drug-likeness (QED) is 0.518. The smallest absolute Gasteiger partial charge is 0.400 e. The average molecular weight is 270 g/mol. The van der Waals surface area contributed by atoms with E-state index in [0.717, 1.165) is 12.8 Å². The van der Waals surface area contributed by atoms with Crippen LogP contribution in [0.2, 0.25) is 19.6 Å². The number of rotatable bonds is 7. The van der Waals surface area contributed by atoms with Crippen molar-refractivity contribution < 1.29 is 22.4 Å². The maximum atomic E-state index is 12.7. The van der Waals surface area contributed by atoms with Crippen LogP contribution in [0, 0.1) is 0 Å². The van der Waals surface area contributed by atoms with Gasteiger partial charge >= 0.3 is 6.18 Å². The molecule has 0 aliphatic rings. The van der Waals surface area contributed by atoms with Crippen LogP contribution in [0.15, 0.2) is 0 Å². The molecule has 0 aromatic heterocycles. The molecule has 0 N–H and O–H groups in total. The van der Waals surface area contributed by atoms with E-state index >= 15 is 0 Å². The molecule has 0 spiro atoms. The Morgan fingerprint density at radius 2 is 1.76 bits per heavy atom. The van der Waals surface area contributed by atoms with Crippen LogP contribution in [0.25, 0.3) is 0 Å². The molecule has 0 rings (SSSR count). The van der Waals surface area contributed by atoms with Crippen LogP contribution >= 0.6 is 0 Å². The number of unbranched alkanes of at least 4 members (excludes halogenated alkanes) is 2. The van der Waals surface area contributed by atoms with Gasteiger partial charge in [0, 0.05) is 6.42 Å². The maximum Gasteiger partial charge on any atom is 0.420 e. The van der Waals surface area contributed by atoms with Gasteiger partial charge in [0.05, 0.1) is 0 Å². The Balaban J connectivity index is 4.54. The summed E-state index contributed by atoms with van der Waals surface area (Å²) < 4.78 is 43.0. The number of halogens is 3. The molecule has 0 aromatic carbocycles. The maximum absolute atomic E-state index is 12.7. The van der Waals surface area contributed by atoms with Gasteiger partial charge in [0.25, 0.3) is 0 Å². The van der Waals surface area contributed by atoms with Crippen molar-refractivity contribution in [1.82, 2.24) is 0 Å². The summed E-state index contributed by atoms with van der Waals surface area (Å²) in [6.07, 6.45) is -4.74. The molecule has 0 heterocycles. The lowest BCUT2D eigenvalue weighted by Crippen LogP contribution is -2.45. The first-order chi connectivity index (χ1) is 7.58. The average Bonchev–Trinajstić information content (AvgIpc) is 2.11. The van der Waals surface area contributed by atoms with E-state index in [0.29, 0.717) is 6.42 Å². The lowest BCUT2D eigenvalue weighted by atomic mass is 10.1. The van der Waals surface area contributed by atoms with E-state index in [1.165, 1.54) is 0 Å². The summed E-state index contributed by atoms with van der Waals surface area (Å²) >= 11 is 0. The first-order valence-corrected chi connectivity index (χ1v) is 9.26. The molecular weight excluding hydrogens is 249 g/mol. The minimum absolute atomic E-state index is 0.0531. The summed E-state index contributed by atoms with van der Waals surface area (Å²) in [4.78, 5) is 11.5. The molecular formula is C11H21F3O2Si. The Bertz CT molecular complexity index is 246. The molecule has 0 radical (unpaired) electrons. The third-order valence-corrected chi connectivity index (χ3v) is 3.03. The predicted octanol–water partition coefficient (Wildman–Crippen LogP) is 3.92. The first kappa shape index (κ1) is 16.6. The first-order valence-electron chi connectivity index (χ1n) is 5.85. The highest BCUT2D eigenvalue weighted by Gasteiger charge is 2.47. The number of hydrogen-bond donors (Lipinski definition) is 0. The van der Waals surface area contributed by atoms with Crippen LogP contribution in [-0.2, 0) is 9.22 Å². The topological polar surface area (TPSA) is 26.3 Å². The molecule has 0 amide bonds. The van der Waals surface area contributed by atoms with Gasteiger partial charge in [-0.05, 0) is 26.1 Å². The van der Waals surface area contributed by atoms with Crippen LogP contribution in [0.4, 0.5) is 13.2 Å². The molecule has 1 atom stereocenters. The zero-order valence-corrected chi connectivity index (χ0v) is 11.9. The minimum atomic E-state index is -4.59. The van der Waals surface area contributed by atoms with E-state index in [9.17, 15) is 18.0 Å². The van der Waals surface area contributed by atoms with Crippen LogP contribution in [0.1, 0.15) is 32.6 Å². The van der Waals surface area contributed by atoms with Crippen molar-refractivity contribution in [3.05, 3.63) is 0 Å². The second kappa shape index (κ2) is 6.54. The van der Waals surface area contributed by atoms with Crippen LogP contribution in [0.3, 0.4) is 0 Å². The van der Waals surface area contributed by atoms with Gasteiger partial charge < -0.3 is 4.43 Å². The Hall–Kier alpha value is -0.363. The van der Waals surface area contributed by atoms with Crippen LogP contribution < -0.4 is 0 Å². The summed E-state index contributed by atoms with van der Waals surface area (Å²) in [7, 11) is -2.38. The van der Waals surface area contributed by atoms with Crippen molar-refractivity contribution in [3.8, 4) is 0 Å². The largest absolute Gasteiger partial charge is 0.420 e. The second-order valence-electron chi connectivity index (χ2n) is 5.08. The lowest BCUT2D eigenvalue weighted by Gasteiger charge is -2.27. The fourth-order valence-electron chi connectivity index (χ4n) is 1.35. The second-order valence-corrected chi connectivity index (χ2v) is 9.54. The van der Waals surface area contributed by atoms with E-state index in [-0.39, 0.29) is 6.42 Å². The van der Waals surface area contributed by atoms with Crippen LogP contribution in [-0.4, -0.2) is 26.4 Å². The summed E-state index contributed by atoms with van der Waals surface area (Å²) in [5.74, 6) is -0.839. The number of carbonyl (C=O) groups is 1. The number of ketones is 1. The molecule has 1 unspecified atom stereocenters. The third-order valence-electron chi connectivity index (χ3n) is 2.09. The van der Waals surface area contributed by atoms with Crippen molar-refractivity contribution >= 4 is 14.1 Å². The standard InChI is InChI=1S/C11H21F3O2Si/c1-5-6-7-8-9(15)10(11(12,13)14)16-17(2,3)4/h10H,5-8H2,1-4H3. The fourth-order valence-corrected chi connectivity index (χ4v) is 2.32. The van der Waals surface area contributed by atoms with E-state index in [1.54, 1.807) is 19.6 Å². The molecule has 17 heavy (non-hydrogen) atoms. The highest BCUT2D eigenvalue weighted by Crippen LogP contribution is 2.27. The van der Waals surface area contributed by atoms with Crippen molar-refractivity contribution in [1.29, 1.82) is 0 Å². The number of alkyl halides is 3. The Kier molecular flexibility index (Phi) is 6.40. The van der Waals surface area contributed by atoms with Gasteiger partial charge in [-0.3, -0.25) is 4.79 Å². The Morgan fingerprint density at radius 3 is 2.12 bits per heavy atom. The Morgan fingerprint density at radius 1 is 1.24 bits per heavy atom. The molecule has 0 bridgehead atoms. The number of Topliss-reactive ketones (excluding diaryl/α,β-unsaturated/α-hetero) is 1. The highest BCUT2D eigenvalue weighted by molar-refractivity contribution is 6.69.